The second kappa shape index (κ2) is 10.7. The number of carbonyl (C=O) groups is 3. The van der Waals surface area contributed by atoms with E-state index in [9.17, 15) is 14.4 Å². The fourth-order valence-electron chi connectivity index (χ4n) is 4.84. The van der Waals surface area contributed by atoms with Crippen LogP contribution in [0.4, 0.5) is 0 Å². The van der Waals surface area contributed by atoms with Gasteiger partial charge in [0.1, 0.15) is 34.6 Å². The molecule has 1 aliphatic rings. The fraction of sp³-hybridized carbons (Fsp3) is 0.556. The topological polar surface area (TPSA) is 173 Å². The SMILES string of the molecule is Cc1[nH]c2nc1C(=O)N[C@@H](C(C)C)c1nc(c(C)[nH]1)C(=O)N[C@@H](C(C)C)c1nc(c(C)[nH]1)C(=O)N[C@H]2C(C)C. The highest BCUT2D eigenvalue weighted by Crippen LogP contribution is 2.26. The van der Waals surface area contributed by atoms with Crippen molar-refractivity contribution in [3.05, 3.63) is 51.6 Å². The van der Waals surface area contributed by atoms with Crippen LogP contribution in [0, 0.1) is 38.5 Å². The third-order valence-electron chi connectivity index (χ3n) is 7.10. The predicted octanol–water partition coefficient (Wildman–Crippen LogP) is 3.48. The number of hydrogen-bond donors (Lipinski definition) is 6. The number of imidazole rings is 3. The number of aromatic amines is 3. The van der Waals surface area contributed by atoms with Gasteiger partial charge in [-0.15, -0.1) is 0 Å². The molecule has 6 bridgehead atoms. The van der Waals surface area contributed by atoms with Gasteiger partial charge in [-0.25, -0.2) is 15.0 Å². The first-order valence-electron chi connectivity index (χ1n) is 13.4. The van der Waals surface area contributed by atoms with E-state index in [-0.39, 0.29) is 52.6 Å². The molecule has 39 heavy (non-hydrogen) atoms. The number of rotatable bonds is 3. The zero-order valence-electron chi connectivity index (χ0n) is 24.0. The first kappa shape index (κ1) is 28.1. The maximum Gasteiger partial charge on any atom is 0.272 e. The summed E-state index contributed by atoms with van der Waals surface area (Å²) < 4.78 is 0. The Morgan fingerprint density at radius 1 is 0.487 bits per heavy atom. The van der Waals surface area contributed by atoms with Crippen molar-refractivity contribution in [1.82, 2.24) is 45.9 Å². The van der Waals surface area contributed by atoms with Crippen LogP contribution in [0.1, 0.15) is 126 Å². The van der Waals surface area contributed by atoms with E-state index in [1.807, 2.05) is 41.5 Å². The van der Waals surface area contributed by atoms with Gasteiger partial charge in [0.15, 0.2) is 0 Å². The number of aromatic nitrogens is 6. The summed E-state index contributed by atoms with van der Waals surface area (Å²) in [5, 5.41) is 9.10. The zero-order chi connectivity index (χ0) is 28.8. The van der Waals surface area contributed by atoms with E-state index in [0.717, 1.165) is 0 Å². The van der Waals surface area contributed by atoms with Gasteiger partial charge in [0.2, 0.25) is 0 Å². The molecule has 0 aliphatic carbocycles. The fourth-order valence-corrected chi connectivity index (χ4v) is 4.84. The van der Waals surface area contributed by atoms with E-state index in [2.05, 4.69) is 45.9 Å². The molecule has 1 aliphatic heterocycles. The number of nitrogens with one attached hydrogen (secondary N) is 6. The van der Waals surface area contributed by atoms with Crippen LogP contribution in [0.5, 0.6) is 0 Å². The number of aryl methyl sites for hydroxylation is 3. The van der Waals surface area contributed by atoms with Crippen LogP contribution < -0.4 is 16.0 Å². The molecule has 12 heteroatoms. The van der Waals surface area contributed by atoms with E-state index in [4.69, 9.17) is 0 Å². The molecule has 6 N–H and O–H groups in total. The molecule has 4 rings (SSSR count). The van der Waals surface area contributed by atoms with Gasteiger partial charge in [-0.1, -0.05) is 41.5 Å². The Hall–Kier alpha value is -3.96. The molecule has 0 radical (unpaired) electrons. The summed E-state index contributed by atoms with van der Waals surface area (Å²) in [4.78, 5) is 63.6. The molecule has 0 saturated carbocycles. The molecule has 0 saturated heterocycles. The second-order valence-corrected chi connectivity index (χ2v) is 11.4. The minimum absolute atomic E-state index is 0.0321. The third kappa shape index (κ3) is 5.45. The molecule has 3 atom stereocenters. The molecule has 3 aromatic rings. The quantitative estimate of drug-likeness (QED) is 0.298. The van der Waals surface area contributed by atoms with Gasteiger partial charge in [0.05, 0.1) is 18.1 Å². The van der Waals surface area contributed by atoms with Crippen molar-refractivity contribution in [3.8, 4) is 0 Å². The van der Waals surface area contributed by atoms with Crippen LogP contribution in [0.3, 0.4) is 0 Å². The van der Waals surface area contributed by atoms with Crippen LogP contribution in [-0.2, 0) is 0 Å². The Labute approximate surface area is 228 Å². The Kier molecular flexibility index (Phi) is 7.67. The average Bonchev–Trinajstić information content (AvgIpc) is 3.54. The van der Waals surface area contributed by atoms with Crippen LogP contribution in [-0.4, -0.2) is 47.6 Å². The summed E-state index contributed by atoms with van der Waals surface area (Å²) in [6, 6.07) is -1.48. The first-order chi connectivity index (χ1) is 18.3. The van der Waals surface area contributed by atoms with E-state index >= 15 is 0 Å². The smallest absolute Gasteiger partial charge is 0.272 e. The van der Waals surface area contributed by atoms with Crippen molar-refractivity contribution in [2.24, 2.45) is 17.8 Å². The standard InChI is InChI=1S/C27H39N9O3/c1-10(2)16-22-28-13(7)20(31-22)26(38)35-18(12(5)6)24-30-15(9)21(33-24)27(39)36-17(11(3)4)23-29-14(8)19(32-23)25(37)34-16/h10-12,16-18H,1-9H3,(H,28,31)(H,29,32)(H,30,33)(H,34,37)(H,35,38)(H,36,39)/t16-,17-,18-/m0/s1. The van der Waals surface area contributed by atoms with Gasteiger partial charge in [-0.05, 0) is 38.5 Å². The number of carbonyl (C=O) groups excluding carboxylic acids is 3. The first-order valence-corrected chi connectivity index (χ1v) is 13.4. The highest BCUT2D eigenvalue weighted by atomic mass is 16.2. The van der Waals surface area contributed by atoms with Crippen molar-refractivity contribution >= 4 is 17.7 Å². The van der Waals surface area contributed by atoms with Crippen LogP contribution in [0.2, 0.25) is 0 Å². The molecule has 0 fully saturated rings. The van der Waals surface area contributed by atoms with E-state index in [1.165, 1.54) is 0 Å². The summed E-state index contributed by atoms with van der Waals surface area (Å²) in [6.07, 6.45) is 0. The Morgan fingerprint density at radius 3 is 0.923 bits per heavy atom. The largest absolute Gasteiger partial charge is 0.344 e. The molecule has 210 valence electrons. The molecule has 0 aromatic carbocycles. The normalized spacial score (nSPS) is 20.6. The lowest BCUT2D eigenvalue weighted by Crippen LogP contribution is -2.35. The van der Waals surface area contributed by atoms with Gasteiger partial charge < -0.3 is 30.9 Å². The van der Waals surface area contributed by atoms with E-state index in [0.29, 0.717) is 34.6 Å². The third-order valence-corrected chi connectivity index (χ3v) is 7.10. The molecule has 0 unspecified atom stereocenters. The minimum atomic E-state index is -0.493. The molecule has 3 amide bonds. The Morgan fingerprint density at radius 2 is 0.718 bits per heavy atom. The average molecular weight is 538 g/mol. The summed E-state index contributed by atoms with van der Waals surface area (Å²) in [5.41, 5.74) is 2.44. The number of hydrogen-bond acceptors (Lipinski definition) is 6. The lowest BCUT2D eigenvalue weighted by molar-refractivity contribution is 0.0914. The molecular formula is C27H39N9O3. The molecular weight excluding hydrogens is 498 g/mol. The van der Waals surface area contributed by atoms with Crippen LogP contribution >= 0.6 is 0 Å². The number of fused-ring (bicyclic) bond motifs is 6. The zero-order valence-corrected chi connectivity index (χ0v) is 24.0. The lowest BCUT2D eigenvalue weighted by Gasteiger charge is -2.21. The number of nitrogens with zero attached hydrogens (tertiary/aromatic N) is 3. The summed E-state index contributed by atoms with van der Waals surface area (Å²) in [5.74, 6) is 0.227. The molecule has 0 spiro atoms. The molecule has 4 heterocycles. The lowest BCUT2D eigenvalue weighted by atomic mass is 10.0. The van der Waals surface area contributed by atoms with Gasteiger partial charge in [0.25, 0.3) is 17.7 Å². The van der Waals surface area contributed by atoms with Crippen molar-refractivity contribution < 1.29 is 14.4 Å². The summed E-state index contributed by atoms with van der Waals surface area (Å²) in [6.45, 7) is 17.1. The van der Waals surface area contributed by atoms with Gasteiger partial charge >= 0.3 is 0 Å². The summed E-state index contributed by atoms with van der Waals surface area (Å²) >= 11 is 0. The van der Waals surface area contributed by atoms with Crippen molar-refractivity contribution in [2.45, 2.75) is 80.4 Å². The maximum absolute atomic E-state index is 13.4. The maximum atomic E-state index is 13.4. The number of amides is 3. The number of H-pyrrole nitrogens is 3. The molecule has 3 aromatic heterocycles. The predicted molar refractivity (Wildman–Crippen MR) is 145 cm³/mol. The minimum Gasteiger partial charge on any atom is -0.344 e. The van der Waals surface area contributed by atoms with E-state index in [1.54, 1.807) is 20.8 Å². The second-order valence-electron chi connectivity index (χ2n) is 11.4. The van der Waals surface area contributed by atoms with Gasteiger partial charge in [-0.2, -0.15) is 0 Å². The highest BCUT2D eigenvalue weighted by molar-refractivity contribution is 5.95. The van der Waals surface area contributed by atoms with Crippen LogP contribution in [0.25, 0.3) is 0 Å². The highest BCUT2D eigenvalue weighted by Gasteiger charge is 2.32. The Bertz CT molecular complexity index is 1230. The van der Waals surface area contributed by atoms with Crippen molar-refractivity contribution in [2.75, 3.05) is 0 Å². The van der Waals surface area contributed by atoms with Crippen LogP contribution in [0.15, 0.2) is 0 Å². The van der Waals surface area contributed by atoms with Gasteiger partial charge in [-0.3, -0.25) is 14.4 Å². The summed E-state index contributed by atoms with van der Waals surface area (Å²) in [7, 11) is 0. The van der Waals surface area contributed by atoms with E-state index < -0.39 is 18.1 Å². The Balaban J connectivity index is 1.87. The van der Waals surface area contributed by atoms with Crippen molar-refractivity contribution in [3.63, 3.8) is 0 Å². The molecule has 12 nitrogen and oxygen atoms in total. The monoisotopic (exact) mass is 537 g/mol. The van der Waals surface area contributed by atoms with Crippen molar-refractivity contribution in [1.29, 1.82) is 0 Å². The van der Waals surface area contributed by atoms with Gasteiger partial charge in [0, 0.05) is 17.1 Å².